The molecule has 1 atom stereocenters. The molecule has 120 valence electrons. The zero-order chi connectivity index (χ0) is 16.8. The van der Waals surface area contributed by atoms with Gasteiger partial charge in [0.2, 0.25) is 0 Å². The fourth-order valence-corrected chi connectivity index (χ4v) is 2.44. The van der Waals surface area contributed by atoms with E-state index in [4.69, 9.17) is 17.0 Å². The lowest BCUT2D eigenvalue weighted by molar-refractivity contribution is 0.101. The van der Waals surface area contributed by atoms with Crippen molar-refractivity contribution in [3.8, 4) is 5.75 Å². The quantitative estimate of drug-likeness (QED) is 0.643. The van der Waals surface area contributed by atoms with Crippen molar-refractivity contribution in [1.82, 2.24) is 5.32 Å². The molecule has 4 nitrogen and oxygen atoms in total. The van der Waals surface area contributed by atoms with Gasteiger partial charge in [-0.05, 0) is 68.0 Å². The lowest BCUT2D eigenvalue weighted by atomic mass is 10.1. The smallest absolute Gasteiger partial charge is 0.171 e. The summed E-state index contributed by atoms with van der Waals surface area (Å²) in [4.78, 5) is 11.3. The Morgan fingerprint density at radius 2 is 1.87 bits per heavy atom. The zero-order valence-electron chi connectivity index (χ0n) is 13.4. The monoisotopic (exact) mass is 328 g/mol. The molecule has 2 aromatic rings. The predicted octanol–water partition coefficient (Wildman–Crippen LogP) is 3.95. The second-order valence-corrected chi connectivity index (χ2v) is 5.64. The van der Waals surface area contributed by atoms with Crippen LogP contribution in [0.25, 0.3) is 0 Å². The molecule has 2 aromatic carbocycles. The van der Waals surface area contributed by atoms with E-state index < -0.39 is 0 Å². The highest BCUT2D eigenvalue weighted by atomic mass is 32.1. The maximum absolute atomic E-state index is 11.3. The van der Waals surface area contributed by atoms with Crippen LogP contribution in [0.1, 0.15) is 35.8 Å². The normalized spacial score (nSPS) is 11.4. The number of benzene rings is 2. The van der Waals surface area contributed by atoms with Crippen molar-refractivity contribution in [1.29, 1.82) is 0 Å². The number of nitrogens with one attached hydrogen (secondary N) is 2. The number of hydrogen-bond donors (Lipinski definition) is 2. The number of rotatable bonds is 5. The second kappa shape index (κ2) is 7.74. The number of hydrogen-bond acceptors (Lipinski definition) is 3. The molecule has 2 rings (SSSR count). The summed E-state index contributed by atoms with van der Waals surface area (Å²) in [6.07, 6.45) is 0. The SMILES string of the molecule is COc1cccc(C(C)NC(=S)Nc2ccc(C(C)=O)cc2)c1. The van der Waals surface area contributed by atoms with Crippen molar-refractivity contribution < 1.29 is 9.53 Å². The molecular weight excluding hydrogens is 308 g/mol. The van der Waals surface area contributed by atoms with Gasteiger partial charge in [-0.2, -0.15) is 0 Å². The highest BCUT2D eigenvalue weighted by Gasteiger charge is 2.08. The van der Waals surface area contributed by atoms with Crippen LogP contribution in [0.15, 0.2) is 48.5 Å². The number of methoxy groups -OCH3 is 1. The van der Waals surface area contributed by atoms with Gasteiger partial charge in [0.05, 0.1) is 13.2 Å². The van der Waals surface area contributed by atoms with Crippen LogP contribution in [0, 0.1) is 0 Å². The molecule has 0 fully saturated rings. The van der Waals surface area contributed by atoms with Crippen LogP contribution in [-0.4, -0.2) is 18.0 Å². The van der Waals surface area contributed by atoms with Gasteiger partial charge < -0.3 is 15.4 Å². The van der Waals surface area contributed by atoms with Crippen LogP contribution in [0.3, 0.4) is 0 Å². The molecular formula is C18H20N2O2S. The first-order chi connectivity index (χ1) is 11.0. The minimum absolute atomic E-state index is 0.0431. The van der Waals surface area contributed by atoms with Gasteiger partial charge in [0.1, 0.15) is 5.75 Å². The van der Waals surface area contributed by atoms with Crippen LogP contribution < -0.4 is 15.4 Å². The van der Waals surface area contributed by atoms with Crippen LogP contribution in [0.2, 0.25) is 0 Å². The number of ether oxygens (including phenoxy) is 1. The first kappa shape index (κ1) is 17.0. The van der Waals surface area contributed by atoms with Gasteiger partial charge in [-0.3, -0.25) is 4.79 Å². The first-order valence-electron chi connectivity index (χ1n) is 7.32. The minimum atomic E-state index is 0.0431. The summed E-state index contributed by atoms with van der Waals surface area (Å²) >= 11 is 5.34. The Kier molecular flexibility index (Phi) is 5.71. The molecule has 0 radical (unpaired) electrons. The van der Waals surface area contributed by atoms with E-state index in [-0.39, 0.29) is 11.8 Å². The number of carbonyl (C=O) groups excluding carboxylic acids is 1. The third kappa shape index (κ3) is 4.79. The topological polar surface area (TPSA) is 50.4 Å². The second-order valence-electron chi connectivity index (χ2n) is 5.23. The number of anilines is 1. The largest absolute Gasteiger partial charge is 0.497 e. The van der Waals surface area contributed by atoms with Gasteiger partial charge in [-0.1, -0.05) is 12.1 Å². The van der Waals surface area contributed by atoms with E-state index >= 15 is 0 Å². The van der Waals surface area contributed by atoms with Crippen molar-refractivity contribution in [3.63, 3.8) is 0 Å². The van der Waals surface area contributed by atoms with Gasteiger partial charge in [-0.15, -0.1) is 0 Å². The summed E-state index contributed by atoms with van der Waals surface area (Å²) in [5.74, 6) is 0.860. The summed E-state index contributed by atoms with van der Waals surface area (Å²) in [6, 6.07) is 15.1. The van der Waals surface area contributed by atoms with E-state index in [1.807, 2.05) is 43.3 Å². The molecule has 2 N–H and O–H groups in total. The molecule has 0 saturated heterocycles. The van der Waals surface area contributed by atoms with Crippen molar-refractivity contribution in [2.24, 2.45) is 0 Å². The van der Waals surface area contributed by atoms with E-state index in [1.54, 1.807) is 26.2 Å². The molecule has 0 bridgehead atoms. The Balaban J connectivity index is 1.96. The van der Waals surface area contributed by atoms with Gasteiger partial charge >= 0.3 is 0 Å². The van der Waals surface area contributed by atoms with Gasteiger partial charge in [0.15, 0.2) is 10.9 Å². The molecule has 23 heavy (non-hydrogen) atoms. The van der Waals surface area contributed by atoms with Crippen molar-refractivity contribution in [2.45, 2.75) is 19.9 Å². The Morgan fingerprint density at radius 3 is 2.48 bits per heavy atom. The summed E-state index contributed by atoms with van der Waals surface area (Å²) in [5.41, 5.74) is 2.60. The first-order valence-corrected chi connectivity index (χ1v) is 7.73. The van der Waals surface area contributed by atoms with E-state index in [9.17, 15) is 4.79 Å². The lowest BCUT2D eigenvalue weighted by Gasteiger charge is -2.18. The number of ketones is 1. The van der Waals surface area contributed by atoms with Crippen molar-refractivity contribution in [3.05, 3.63) is 59.7 Å². The number of thiocarbonyl (C=S) groups is 1. The maximum atomic E-state index is 11.3. The summed E-state index contributed by atoms with van der Waals surface area (Å²) < 4.78 is 5.23. The van der Waals surface area contributed by atoms with Crippen LogP contribution in [0.5, 0.6) is 5.75 Å². The molecule has 0 aliphatic rings. The third-order valence-corrected chi connectivity index (χ3v) is 3.71. The fourth-order valence-electron chi connectivity index (χ4n) is 2.15. The summed E-state index contributed by atoms with van der Waals surface area (Å²) in [5, 5.41) is 6.87. The van der Waals surface area contributed by atoms with Crippen LogP contribution in [-0.2, 0) is 0 Å². The van der Waals surface area contributed by atoms with Crippen LogP contribution >= 0.6 is 12.2 Å². The fraction of sp³-hybridized carbons (Fsp3) is 0.222. The average Bonchev–Trinajstić information content (AvgIpc) is 2.55. The third-order valence-electron chi connectivity index (χ3n) is 3.49. The number of Topliss-reactive ketones (excluding diaryl/α,β-unsaturated/α-hetero) is 1. The molecule has 0 aromatic heterocycles. The summed E-state index contributed by atoms with van der Waals surface area (Å²) in [6.45, 7) is 3.58. The highest BCUT2D eigenvalue weighted by molar-refractivity contribution is 7.80. The molecule has 0 amide bonds. The Hall–Kier alpha value is -2.40. The van der Waals surface area contributed by atoms with Crippen molar-refractivity contribution in [2.75, 3.05) is 12.4 Å². The van der Waals surface area contributed by atoms with Gasteiger partial charge in [0.25, 0.3) is 0 Å². The molecule has 0 aliphatic heterocycles. The minimum Gasteiger partial charge on any atom is -0.497 e. The Bertz CT molecular complexity index is 698. The molecule has 1 unspecified atom stereocenters. The zero-order valence-corrected chi connectivity index (χ0v) is 14.2. The Labute approximate surface area is 141 Å². The van der Waals surface area contributed by atoms with E-state index in [0.717, 1.165) is 17.0 Å². The molecule has 0 aliphatic carbocycles. The van der Waals surface area contributed by atoms with Gasteiger partial charge in [0, 0.05) is 11.3 Å². The summed E-state index contributed by atoms with van der Waals surface area (Å²) in [7, 11) is 1.65. The highest BCUT2D eigenvalue weighted by Crippen LogP contribution is 2.19. The average molecular weight is 328 g/mol. The predicted molar refractivity (Wildman–Crippen MR) is 97.2 cm³/mol. The van der Waals surface area contributed by atoms with Crippen LogP contribution in [0.4, 0.5) is 5.69 Å². The Morgan fingerprint density at radius 1 is 1.17 bits per heavy atom. The molecule has 0 saturated carbocycles. The molecule has 5 heteroatoms. The van der Waals surface area contributed by atoms with E-state index in [0.29, 0.717) is 10.7 Å². The van der Waals surface area contributed by atoms with E-state index in [2.05, 4.69) is 10.6 Å². The standard InChI is InChI=1S/C18H20N2O2S/c1-12(15-5-4-6-17(11-15)22-3)19-18(23)20-16-9-7-14(8-10-16)13(2)21/h4-12H,1-3H3,(H2,19,20,23). The lowest BCUT2D eigenvalue weighted by Crippen LogP contribution is -2.30. The van der Waals surface area contributed by atoms with Crippen molar-refractivity contribution >= 4 is 28.8 Å². The molecule has 0 spiro atoms. The maximum Gasteiger partial charge on any atom is 0.171 e. The molecule has 0 heterocycles. The number of carbonyl (C=O) groups is 1. The van der Waals surface area contributed by atoms with Gasteiger partial charge in [-0.25, -0.2) is 0 Å². The van der Waals surface area contributed by atoms with E-state index in [1.165, 1.54) is 0 Å².